The maximum Gasteiger partial charge on any atom is 0.303 e. The van der Waals surface area contributed by atoms with Gasteiger partial charge in [0.1, 0.15) is 0 Å². The molecule has 1 fully saturated rings. The zero-order chi connectivity index (χ0) is 19.0. The Bertz CT molecular complexity index is 667. The minimum absolute atomic E-state index is 0.243. The fraction of sp³-hybridized carbons (Fsp3) is 0.632. The monoisotopic (exact) mass is 401 g/mol. The molecule has 146 valence electrons. The van der Waals surface area contributed by atoms with E-state index in [0.29, 0.717) is 23.4 Å². The molecule has 1 aromatic rings. The molecule has 0 aliphatic heterocycles. The number of halogens is 1. The molecule has 1 aromatic carbocycles. The average Bonchev–Trinajstić information content (AvgIpc) is 2.60. The highest BCUT2D eigenvalue weighted by Gasteiger charge is 2.21. The van der Waals surface area contributed by atoms with Gasteiger partial charge in [-0.05, 0) is 48.9 Å². The number of aliphatic carboxylic acids is 1. The lowest BCUT2D eigenvalue weighted by atomic mass is 9.78. The first-order valence-corrected chi connectivity index (χ1v) is 11.2. The van der Waals surface area contributed by atoms with Crippen LogP contribution < -0.4 is 4.72 Å². The molecule has 0 amide bonds. The number of carboxylic acids is 1. The summed E-state index contributed by atoms with van der Waals surface area (Å²) in [6.07, 6.45) is 8.59. The molecule has 0 spiro atoms. The highest BCUT2D eigenvalue weighted by atomic mass is 35.5. The van der Waals surface area contributed by atoms with Crippen LogP contribution in [-0.2, 0) is 14.8 Å². The number of sulfonamides is 1. The number of hydrogen-bond donors (Lipinski definition) is 2. The molecule has 0 atom stereocenters. The number of nitrogens with one attached hydrogen (secondary N) is 1. The number of benzene rings is 1. The van der Waals surface area contributed by atoms with Gasteiger partial charge in [-0.15, -0.1) is 0 Å². The molecule has 1 aliphatic carbocycles. The van der Waals surface area contributed by atoms with Gasteiger partial charge in [0.25, 0.3) is 0 Å². The van der Waals surface area contributed by atoms with E-state index in [4.69, 9.17) is 16.7 Å². The Labute approximate surface area is 161 Å². The normalized spacial score (nSPS) is 20.8. The molecular formula is C19H28ClNO4S. The third-order valence-corrected chi connectivity index (χ3v) is 6.92. The van der Waals surface area contributed by atoms with Crippen molar-refractivity contribution in [1.29, 1.82) is 0 Å². The van der Waals surface area contributed by atoms with E-state index in [2.05, 4.69) is 4.72 Å². The van der Waals surface area contributed by atoms with Crippen molar-refractivity contribution in [3.05, 3.63) is 29.3 Å². The Hall–Kier alpha value is -1.11. The predicted molar refractivity (Wildman–Crippen MR) is 103 cm³/mol. The standard InChI is InChI=1S/C19H28ClNO4S/c20-17-9-11-18(12-10-17)26(24,25)21-14-13-16-7-5-15(6-8-16)3-1-2-4-19(22)23/h9-12,15-16,21H,1-8,13-14H2,(H,22,23). The van der Waals surface area contributed by atoms with Crippen molar-refractivity contribution in [2.24, 2.45) is 11.8 Å². The van der Waals surface area contributed by atoms with E-state index in [-0.39, 0.29) is 11.3 Å². The topological polar surface area (TPSA) is 83.5 Å². The second kappa shape index (κ2) is 10.3. The van der Waals surface area contributed by atoms with E-state index in [9.17, 15) is 13.2 Å². The Morgan fingerprint density at radius 3 is 2.19 bits per heavy atom. The number of carbonyl (C=O) groups is 1. The predicted octanol–water partition coefficient (Wildman–Crippen LogP) is 4.46. The molecule has 7 heteroatoms. The van der Waals surface area contributed by atoms with Crippen LogP contribution in [0, 0.1) is 11.8 Å². The van der Waals surface area contributed by atoms with Gasteiger partial charge < -0.3 is 5.11 Å². The first-order chi connectivity index (χ1) is 12.4. The summed E-state index contributed by atoms with van der Waals surface area (Å²) >= 11 is 5.79. The number of hydrogen-bond acceptors (Lipinski definition) is 3. The first-order valence-electron chi connectivity index (χ1n) is 9.34. The van der Waals surface area contributed by atoms with Gasteiger partial charge in [0.15, 0.2) is 0 Å². The summed E-state index contributed by atoms with van der Waals surface area (Å²) in [4.78, 5) is 10.8. The van der Waals surface area contributed by atoms with Crippen molar-refractivity contribution < 1.29 is 18.3 Å². The molecule has 2 N–H and O–H groups in total. The molecule has 0 heterocycles. The third-order valence-electron chi connectivity index (χ3n) is 5.19. The van der Waals surface area contributed by atoms with Gasteiger partial charge >= 0.3 is 5.97 Å². The molecule has 1 aliphatic rings. The maximum absolute atomic E-state index is 12.2. The van der Waals surface area contributed by atoms with E-state index >= 15 is 0 Å². The Kier molecular flexibility index (Phi) is 8.38. The van der Waals surface area contributed by atoms with Crippen molar-refractivity contribution >= 4 is 27.6 Å². The summed E-state index contributed by atoms with van der Waals surface area (Å²) in [7, 11) is -3.47. The molecule has 2 rings (SSSR count). The second-order valence-corrected chi connectivity index (χ2v) is 9.37. The quantitative estimate of drug-likeness (QED) is 0.567. The van der Waals surface area contributed by atoms with Crippen LogP contribution in [0.4, 0.5) is 0 Å². The number of rotatable bonds is 10. The summed E-state index contributed by atoms with van der Waals surface area (Å²) < 4.78 is 27.2. The van der Waals surface area contributed by atoms with Crippen molar-refractivity contribution in [2.75, 3.05) is 6.54 Å². The van der Waals surface area contributed by atoms with Gasteiger partial charge in [0.05, 0.1) is 4.90 Å². The van der Waals surface area contributed by atoms with E-state index in [0.717, 1.165) is 38.5 Å². The van der Waals surface area contributed by atoms with E-state index in [1.165, 1.54) is 25.0 Å². The molecule has 0 saturated heterocycles. The van der Waals surface area contributed by atoms with E-state index in [1.54, 1.807) is 12.1 Å². The van der Waals surface area contributed by atoms with Crippen LogP contribution in [0.3, 0.4) is 0 Å². The van der Waals surface area contributed by atoms with Crippen LogP contribution in [0.2, 0.25) is 5.02 Å². The number of carboxylic acid groups (broad SMARTS) is 1. The average molecular weight is 402 g/mol. The summed E-state index contributed by atoms with van der Waals surface area (Å²) in [6, 6.07) is 6.18. The van der Waals surface area contributed by atoms with Crippen molar-refractivity contribution in [1.82, 2.24) is 4.72 Å². The van der Waals surface area contributed by atoms with Crippen LogP contribution >= 0.6 is 11.6 Å². The Balaban J connectivity index is 1.64. The largest absolute Gasteiger partial charge is 0.481 e. The van der Waals surface area contributed by atoms with Crippen molar-refractivity contribution in [3.63, 3.8) is 0 Å². The zero-order valence-electron chi connectivity index (χ0n) is 15.0. The molecule has 5 nitrogen and oxygen atoms in total. The summed E-state index contributed by atoms with van der Waals surface area (Å²) in [5.74, 6) is 0.554. The fourth-order valence-electron chi connectivity index (χ4n) is 3.61. The smallest absolute Gasteiger partial charge is 0.303 e. The molecule has 0 radical (unpaired) electrons. The molecule has 1 saturated carbocycles. The summed E-state index contributed by atoms with van der Waals surface area (Å²) in [5.41, 5.74) is 0. The van der Waals surface area contributed by atoms with Crippen molar-refractivity contribution in [3.8, 4) is 0 Å². The van der Waals surface area contributed by atoms with Crippen LogP contribution in [0.25, 0.3) is 0 Å². The lowest BCUT2D eigenvalue weighted by Crippen LogP contribution is -2.27. The van der Waals surface area contributed by atoms with E-state index in [1.807, 2.05) is 0 Å². The zero-order valence-corrected chi connectivity index (χ0v) is 16.6. The minimum Gasteiger partial charge on any atom is -0.481 e. The van der Waals surface area contributed by atoms with Crippen LogP contribution in [-0.4, -0.2) is 26.0 Å². The van der Waals surface area contributed by atoms with Crippen LogP contribution in [0.1, 0.15) is 57.8 Å². The highest BCUT2D eigenvalue weighted by molar-refractivity contribution is 7.89. The minimum atomic E-state index is -3.47. The summed E-state index contributed by atoms with van der Waals surface area (Å²) in [6.45, 7) is 0.457. The molecule has 0 bridgehead atoms. The maximum atomic E-state index is 12.2. The number of unbranched alkanes of at least 4 members (excludes halogenated alkanes) is 1. The fourth-order valence-corrected chi connectivity index (χ4v) is 4.79. The molecule has 0 aromatic heterocycles. The van der Waals surface area contributed by atoms with Crippen LogP contribution in [0.15, 0.2) is 29.2 Å². The van der Waals surface area contributed by atoms with Gasteiger partial charge in [-0.25, -0.2) is 13.1 Å². The van der Waals surface area contributed by atoms with Gasteiger partial charge in [-0.1, -0.05) is 50.1 Å². The van der Waals surface area contributed by atoms with Crippen molar-refractivity contribution in [2.45, 2.75) is 62.7 Å². The highest BCUT2D eigenvalue weighted by Crippen LogP contribution is 2.33. The second-order valence-electron chi connectivity index (χ2n) is 7.17. The Morgan fingerprint density at radius 1 is 1.04 bits per heavy atom. The van der Waals surface area contributed by atoms with E-state index < -0.39 is 16.0 Å². The SMILES string of the molecule is O=C(O)CCCCC1CCC(CCNS(=O)(=O)c2ccc(Cl)cc2)CC1. The van der Waals surface area contributed by atoms with Gasteiger partial charge in [-0.3, -0.25) is 4.79 Å². The van der Waals surface area contributed by atoms with Crippen LogP contribution in [0.5, 0.6) is 0 Å². The first kappa shape index (κ1) is 21.2. The van der Waals surface area contributed by atoms with Gasteiger partial charge in [-0.2, -0.15) is 0 Å². The molecule has 0 unspecified atom stereocenters. The lowest BCUT2D eigenvalue weighted by molar-refractivity contribution is -0.137. The summed E-state index contributed by atoms with van der Waals surface area (Å²) in [5, 5.41) is 9.17. The molecular weight excluding hydrogens is 374 g/mol. The van der Waals surface area contributed by atoms with Gasteiger partial charge in [0.2, 0.25) is 10.0 Å². The third kappa shape index (κ3) is 7.25. The molecule has 26 heavy (non-hydrogen) atoms. The van der Waals surface area contributed by atoms with Gasteiger partial charge in [0, 0.05) is 18.0 Å². The Morgan fingerprint density at radius 2 is 1.62 bits per heavy atom. The lowest BCUT2D eigenvalue weighted by Gasteiger charge is -2.28.